The minimum atomic E-state index is -0.0286. The van der Waals surface area contributed by atoms with Crippen LogP contribution in [-0.2, 0) is 4.79 Å². The van der Waals surface area contributed by atoms with Crippen molar-refractivity contribution in [3.8, 4) is 5.82 Å². The summed E-state index contributed by atoms with van der Waals surface area (Å²) < 4.78 is 3.36. The van der Waals surface area contributed by atoms with Crippen LogP contribution in [0.5, 0.6) is 0 Å². The lowest BCUT2D eigenvalue weighted by molar-refractivity contribution is -0.116. The fourth-order valence-corrected chi connectivity index (χ4v) is 3.68. The Morgan fingerprint density at radius 3 is 2.67 bits per heavy atom. The molecule has 1 N–H and O–H groups in total. The zero-order valence-electron chi connectivity index (χ0n) is 14.9. The van der Waals surface area contributed by atoms with Crippen LogP contribution < -0.4 is 5.32 Å². The number of fused-ring (bicyclic) bond motifs is 2. The van der Waals surface area contributed by atoms with Crippen LogP contribution in [0.2, 0.25) is 0 Å². The number of rotatable bonds is 2. The van der Waals surface area contributed by atoms with Crippen molar-refractivity contribution in [2.24, 2.45) is 0 Å². The molecular weight excluding hydrogens is 342 g/mol. The van der Waals surface area contributed by atoms with E-state index in [1.807, 2.05) is 44.2 Å². The molecule has 0 spiro atoms. The monoisotopic (exact) mass is 359 g/mol. The first-order valence-corrected chi connectivity index (χ1v) is 8.75. The number of carbonyl (C=O) groups is 1. The summed E-state index contributed by atoms with van der Waals surface area (Å²) in [5, 5.41) is 20.4. The van der Waals surface area contributed by atoms with Gasteiger partial charge in [0.2, 0.25) is 5.91 Å². The number of hydrogen-bond acceptors (Lipinski definition) is 5. The highest BCUT2D eigenvalue weighted by Gasteiger charge is 2.32. The Hall–Kier alpha value is -3.55. The lowest BCUT2D eigenvalue weighted by Gasteiger charge is -2.24. The Morgan fingerprint density at radius 2 is 1.85 bits per heavy atom. The molecule has 1 aromatic carbocycles. The Labute approximate surface area is 154 Å². The third-order valence-electron chi connectivity index (χ3n) is 4.93. The van der Waals surface area contributed by atoms with Crippen LogP contribution in [0.3, 0.4) is 0 Å². The molecule has 0 saturated heterocycles. The van der Waals surface area contributed by atoms with Crippen LogP contribution in [0, 0.1) is 13.8 Å². The highest BCUT2D eigenvalue weighted by atomic mass is 16.1. The molecular formula is C19H17N7O. The Bertz CT molecular complexity index is 1180. The van der Waals surface area contributed by atoms with Gasteiger partial charge in [-0.05, 0) is 31.5 Å². The Morgan fingerprint density at radius 1 is 1.04 bits per heavy atom. The highest BCUT2D eigenvalue weighted by Crippen LogP contribution is 2.39. The van der Waals surface area contributed by atoms with E-state index in [0.717, 1.165) is 16.8 Å². The third-order valence-corrected chi connectivity index (χ3v) is 4.93. The van der Waals surface area contributed by atoms with E-state index in [4.69, 9.17) is 0 Å². The largest absolute Gasteiger partial charge is 0.310 e. The summed E-state index contributed by atoms with van der Waals surface area (Å²) in [4.78, 5) is 12.4. The molecule has 0 fully saturated rings. The quantitative estimate of drug-likeness (QED) is 0.593. The SMILES string of the molecule is Cc1nn(-c2ccc3nnc(C)n3n2)c2c1[C@H](c1ccccc1)CC(=O)N2. The molecule has 0 radical (unpaired) electrons. The van der Waals surface area contributed by atoms with E-state index in [-0.39, 0.29) is 11.8 Å². The summed E-state index contributed by atoms with van der Waals surface area (Å²) in [7, 11) is 0. The maximum Gasteiger partial charge on any atom is 0.226 e. The number of benzene rings is 1. The van der Waals surface area contributed by atoms with Crippen molar-refractivity contribution in [2.45, 2.75) is 26.2 Å². The van der Waals surface area contributed by atoms with Gasteiger partial charge in [0.05, 0.1) is 5.69 Å². The van der Waals surface area contributed by atoms with Gasteiger partial charge >= 0.3 is 0 Å². The van der Waals surface area contributed by atoms with Gasteiger partial charge in [-0.25, -0.2) is 0 Å². The van der Waals surface area contributed by atoms with Gasteiger partial charge in [-0.15, -0.1) is 15.3 Å². The van der Waals surface area contributed by atoms with Crippen LogP contribution >= 0.6 is 0 Å². The minimum Gasteiger partial charge on any atom is -0.310 e. The summed E-state index contributed by atoms with van der Waals surface area (Å²) >= 11 is 0. The molecule has 3 aromatic heterocycles. The van der Waals surface area contributed by atoms with Crippen LogP contribution in [0.4, 0.5) is 5.82 Å². The number of nitrogens with zero attached hydrogens (tertiary/aromatic N) is 6. The molecule has 0 aliphatic carbocycles. The first-order valence-electron chi connectivity index (χ1n) is 8.75. The van der Waals surface area contributed by atoms with Crippen molar-refractivity contribution < 1.29 is 4.79 Å². The second kappa shape index (κ2) is 5.73. The van der Waals surface area contributed by atoms with Crippen molar-refractivity contribution >= 4 is 17.4 Å². The lowest BCUT2D eigenvalue weighted by Crippen LogP contribution is -2.25. The second-order valence-corrected chi connectivity index (χ2v) is 6.68. The third kappa shape index (κ3) is 2.41. The number of hydrogen-bond donors (Lipinski definition) is 1. The standard InChI is InChI=1S/C19H17N7O/c1-11-18-14(13-6-4-3-5-7-13)10-17(27)20-19(18)26(23-11)16-9-8-15-22-21-12(2)25(15)24-16/h3-9,14H,10H2,1-2H3,(H,20,27)/t14-/m0/s1. The van der Waals surface area contributed by atoms with Crippen LogP contribution in [0.1, 0.15) is 35.0 Å². The Balaban J connectivity index is 1.69. The van der Waals surface area contributed by atoms with E-state index in [2.05, 4.69) is 37.8 Å². The van der Waals surface area contributed by atoms with E-state index in [1.165, 1.54) is 0 Å². The molecule has 5 rings (SSSR count). The summed E-state index contributed by atoms with van der Waals surface area (Å²) in [5.41, 5.74) is 3.68. The maximum absolute atomic E-state index is 12.4. The predicted octanol–water partition coefficient (Wildman–Crippen LogP) is 2.40. The first kappa shape index (κ1) is 15.7. The topological polar surface area (TPSA) is 90.0 Å². The van der Waals surface area contributed by atoms with E-state index in [9.17, 15) is 4.79 Å². The summed E-state index contributed by atoms with van der Waals surface area (Å²) in [6.45, 7) is 3.80. The van der Waals surface area contributed by atoms with E-state index in [1.54, 1.807) is 9.20 Å². The first-order chi connectivity index (χ1) is 13.1. The molecule has 0 saturated carbocycles. The van der Waals surface area contributed by atoms with Crippen molar-refractivity contribution in [1.29, 1.82) is 0 Å². The van der Waals surface area contributed by atoms with Crippen LogP contribution in [-0.4, -0.2) is 35.5 Å². The molecule has 0 bridgehead atoms. The van der Waals surface area contributed by atoms with Crippen molar-refractivity contribution in [3.63, 3.8) is 0 Å². The van der Waals surface area contributed by atoms with Gasteiger partial charge in [0.15, 0.2) is 17.3 Å². The van der Waals surface area contributed by atoms with Gasteiger partial charge in [-0.2, -0.15) is 14.3 Å². The van der Waals surface area contributed by atoms with E-state index < -0.39 is 0 Å². The van der Waals surface area contributed by atoms with Crippen molar-refractivity contribution in [1.82, 2.24) is 29.6 Å². The molecule has 1 aliphatic rings. The zero-order valence-corrected chi connectivity index (χ0v) is 14.9. The minimum absolute atomic E-state index is 0.0240. The molecule has 4 aromatic rings. The fourth-order valence-electron chi connectivity index (χ4n) is 3.68. The van der Waals surface area contributed by atoms with Gasteiger partial charge < -0.3 is 5.32 Å². The molecule has 8 nitrogen and oxygen atoms in total. The van der Waals surface area contributed by atoms with Crippen LogP contribution in [0.15, 0.2) is 42.5 Å². The van der Waals surface area contributed by atoms with Crippen molar-refractivity contribution in [2.75, 3.05) is 5.32 Å². The molecule has 1 amide bonds. The van der Waals surface area contributed by atoms with Gasteiger partial charge in [0.25, 0.3) is 0 Å². The molecule has 1 atom stereocenters. The molecule has 134 valence electrons. The maximum atomic E-state index is 12.4. The van der Waals surface area contributed by atoms with Crippen LogP contribution in [0.25, 0.3) is 11.5 Å². The van der Waals surface area contributed by atoms with Gasteiger partial charge in [-0.3, -0.25) is 4.79 Å². The smallest absolute Gasteiger partial charge is 0.226 e. The Kier molecular flexibility index (Phi) is 3.33. The molecule has 0 unspecified atom stereocenters. The number of carbonyl (C=O) groups excluding carboxylic acids is 1. The summed E-state index contributed by atoms with van der Waals surface area (Å²) in [5.74, 6) is 1.91. The molecule has 1 aliphatic heterocycles. The van der Waals surface area contributed by atoms with Gasteiger partial charge in [-0.1, -0.05) is 30.3 Å². The molecule has 4 heterocycles. The lowest BCUT2D eigenvalue weighted by atomic mass is 9.86. The average Bonchev–Trinajstić information content (AvgIpc) is 3.22. The zero-order chi connectivity index (χ0) is 18.5. The number of aryl methyl sites for hydroxylation is 2. The number of amides is 1. The number of nitrogens with one attached hydrogen (secondary N) is 1. The predicted molar refractivity (Wildman–Crippen MR) is 98.9 cm³/mol. The van der Waals surface area contributed by atoms with Gasteiger partial charge in [0, 0.05) is 17.9 Å². The van der Waals surface area contributed by atoms with E-state index >= 15 is 0 Å². The summed E-state index contributed by atoms with van der Waals surface area (Å²) in [6.07, 6.45) is 0.403. The summed E-state index contributed by atoms with van der Waals surface area (Å²) in [6, 6.07) is 13.7. The average molecular weight is 359 g/mol. The highest BCUT2D eigenvalue weighted by molar-refractivity contribution is 5.95. The van der Waals surface area contributed by atoms with E-state index in [0.29, 0.717) is 29.5 Å². The number of aromatic nitrogens is 6. The number of anilines is 1. The van der Waals surface area contributed by atoms with Gasteiger partial charge in [0.1, 0.15) is 5.82 Å². The van der Waals surface area contributed by atoms with Crippen molar-refractivity contribution in [3.05, 3.63) is 65.1 Å². The molecule has 27 heavy (non-hydrogen) atoms. The molecule has 8 heteroatoms. The fraction of sp³-hybridized carbons (Fsp3) is 0.211. The normalized spacial score (nSPS) is 16.4. The second-order valence-electron chi connectivity index (χ2n) is 6.68.